The second-order valence-electron chi connectivity index (χ2n) is 18.1. The third kappa shape index (κ3) is 6.75. The van der Waals surface area contributed by atoms with Crippen LogP contribution in [-0.4, -0.2) is 80.2 Å². The summed E-state index contributed by atoms with van der Waals surface area (Å²) in [6.07, 6.45) is 5.90. The third-order valence-corrected chi connectivity index (χ3v) is 14.9. The first kappa shape index (κ1) is 38.9. The van der Waals surface area contributed by atoms with Gasteiger partial charge in [0, 0.05) is 53.8 Å². The summed E-state index contributed by atoms with van der Waals surface area (Å²) in [7, 11) is 0. The van der Waals surface area contributed by atoms with Gasteiger partial charge in [-0.05, 0) is 100 Å². The fraction of sp³-hybridized carbons (Fsp3) is 0.829. The molecule has 0 radical (unpaired) electrons. The first-order chi connectivity index (χ1) is 26.4. The molecule has 8 aliphatic heterocycles. The lowest BCUT2D eigenvalue weighted by Crippen LogP contribution is -2.70. The Morgan fingerprint density at radius 1 is 0.709 bits per heavy atom. The molecule has 1 aromatic carbocycles. The maximum absolute atomic E-state index is 6.62. The summed E-state index contributed by atoms with van der Waals surface area (Å²) in [6.45, 7) is 14.6. The summed E-state index contributed by atoms with van der Waals surface area (Å²) in [5.41, 5.74) is -0.372. The zero-order chi connectivity index (χ0) is 38.2. The van der Waals surface area contributed by atoms with Crippen molar-refractivity contribution in [3.05, 3.63) is 29.3 Å². The first-order valence-corrected chi connectivity index (χ1v) is 21.3. The van der Waals surface area contributed by atoms with Crippen molar-refractivity contribution in [2.45, 2.75) is 141 Å². The van der Waals surface area contributed by atoms with Crippen LogP contribution in [0.25, 0.3) is 0 Å². The van der Waals surface area contributed by atoms with Crippen molar-refractivity contribution in [1.82, 2.24) is 5.32 Å². The van der Waals surface area contributed by atoms with Crippen molar-refractivity contribution < 1.29 is 48.0 Å². The van der Waals surface area contributed by atoms with Gasteiger partial charge in [-0.25, -0.2) is 19.6 Å². The summed E-state index contributed by atoms with van der Waals surface area (Å²) >= 11 is 6.18. The Hall–Kier alpha value is -1.62. The third-order valence-electron chi connectivity index (χ3n) is 14.6. The molecule has 4 bridgehead atoms. The largest absolute Gasteiger partial charge is 0.354 e. The Labute approximate surface area is 329 Å². The minimum atomic E-state index is -0.823. The number of hydrogen-bond acceptors (Lipinski definition) is 11. The van der Waals surface area contributed by atoms with E-state index in [4.69, 9.17) is 64.6 Å². The molecule has 8 saturated heterocycles. The minimum Gasteiger partial charge on any atom is -0.354 e. The molecule has 0 amide bonds. The van der Waals surface area contributed by atoms with Gasteiger partial charge >= 0.3 is 0 Å². The highest BCUT2D eigenvalue weighted by Crippen LogP contribution is 2.62. The average Bonchev–Trinajstić information content (AvgIpc) is 3.54. The SMILES string of the molecule is C[C@@H]1CC[C@H]2[C@@H](C)C(OCCN=C(NCCOC3O[C@@H]4O[C@]5(C)CC[C@@H]6[C@@H](C)CC[C@H]([C@@H]3C)[C@]46OO5)Nc3ccc(Cl)cc3)O[C@H]3O[C@@]4(C)CC[C@@H]1[C@]32OO4. The van der Waals surface area contributed by atoms with Gasteiger partial charge in [0.1, 0.15) is 0 Å². The maximum Gasteiger partial charge on any atom is 0.201 e. The van der Waals surface area contributed by atoms with Crippen molar-refractivity contribution in [2.24, 2.45) is 52.3 Å². The molecule has 11 rings (SSSR count). The van der Waals surface area contributed by atoms with Gasteiger partial charge in [0.25, 0.3) is 0 Å². The van der Waals surface area contributed by atoms with E-state index in [1.54, 1.807) is 0 Å². The monoisotopic (exact) mass is 789 g/mol. The number of rotatable bonds is 9. The van der Waals surface area contributed by atoms with Crippen LogP contribution in [0, 0.1) is 47.3 Å². The highest BCUT2D eigenvalue weighted by atomic mass is 35.5. The molecule has 2 unspecified atom stereocenters. The van der Waals surface area contributed by atoms with Crippen LogP contribution in [0.1, 0.15) is 92.9 Å². The molecule has 0 aromatic heterocycles. The number of guanidine groups is 1. The van der Waals surface area contributed by atoms with E-state index >= 15 is 0 Å². The van der Waals surface area contributed by atoms with Crippen molar-refractivity contribution >= 4 is 23.2 Å². The van der Waals surface area contributed by atoms with Crippen LogP contribution < -0.4 is 10.6 Å². The lowest BCUT2D eigenvalue weighted by molar-refractivity contribution is -0.577. The van der Waals surface area contributed by atoms with Gasteiger partial charge < -0.3 is 39.1 Å². The van der Waals surface area contributed by atoms with Crippen LogP contribution >= 0.6 is 11.6 Å². The number of aliphatic imine (C=N–C) groups is 1. The molecule has 2 aliphatic carbocycles. The minimum absolute atomic E-state index is 0.0921. The predicted octanol–water partition coefficient (Wildman–Crippen LogP) is 7.15. The lowest BCUT2D eigenvalue weighted by Gasteiger charge is -2.60. The topological polar surface area (TPSA) is 129 Å². The standard InChI is InChI=1S/C41H60ClN3O10/c1-23-7-13-31-25(3)33(48-35-40(31)29(23)15-17-38(5,50-35)52-54-40)46-21-19-43-37(45-28-11-9-27(42)10-12-28)44-20-22-47-34-26(4)32-14-8-24(2)30-16-18-39(6)51-36(49-34)41(30,32)55-53-39/h9-12,23-26,29-36H,7-8,13-22H2,1-6H3,(H2,43,44,45)/t23-,24+,25-,26+,29+,30-,31+,32-,33?,34?,35+,36-,38-,39+,40-,41+. The average molecular weight is 790 g/mol. The Kier molecular flexibility index (Phi) is 10.5. The molecule has 1 aromatic rings. The van der Waals surface area contributed by atoms with Crippen molar-refractivity contribution in [2.75, 3.05) is 31.6 Å². The predicted molar refractivity (Wildman–Crippen MR) is 201 cm³/mol. The zero-order valence-corrected chi connectivity index (χ0v) is 33.9. The van der Waals surface area contributed by atoms with E-state index in [1.807, 2.05) is 38.1 Å². The number of fused-ring (bicyclic) bond motifs is 4. The van der Waals surface area contributed by atoms with Gasteiger partial charge in [0.2, 0.25) is 11.6 Å². The number of ether oxygens (including phenoxy) is 6. The van der Waals surface area contributed by atoms with E-state index in [1.165, 1.54) is 0 Å². The van der Waals surface area contributed by atoms with Crippen molar-refractivity contribution in [3.8, 4) is 0 Å². The van der Waals surface area contributed by atoms with Gasteiger partial charge in [-0.2, -0.15) is 0 Å². The molecular weight excluding hydrogens is 730 g/mol. The number of hydrogen-bond donors (Lipinski definition) is 2. The van der Waals surface area contributed by atoms with Crippen LogP contribution in [0.15, 0.2) is 29.3 Å². The Bertz CT molecular complexity index is 1570. The van der Waals surface area contributed by atoms with Gasteiger partial charge in [-0.3, -0.25) is 4.99 Å². The number of benzene rings is 1. The zero-order valence-electron chi connectivity index (χ0n) is 33.1. The van der Waals surface area contributed by atoms with Crippen LogP contribution in [-0.2, 0) is 48.0 Å². The van der Waals surface area contributed by atoms with E-state index in [2.05, 4.69) is 38.3 Å². The second kappa shape index (κ2) is 14.9. The summed E-state index contributed by atoms with van der Waals surface area (Å²) < 4.78 is 39.2. The molecule has 2 saturated carbocycles. The molecule has 10 fully saturated rings. The summed E-state index contributed by atoms with van der Waals surface area (Å²) in [6, 6.07) is 7.53. The van der Waals surface area contributed by atoms with E-state index in [-0.39, 0.29) is 23.7 Å². The number of anilines is 1. The van der Waals surface area contributed by atoms with Gasteiger partial charge in [-0.15, -0.1) is 0 Å². The van der Waals surface area contributed by atoms with Gasteiger partial charge in [-0.1, -0.05) is 39.3 Å². The van der Waals surface area contributed by atoms with Crippen LogP contribution in [0.5, 0.6) is 0 Å². The van der Waals surface area contributed by atoms with Crippen molar-refractivity contribution in [1.29, 1.82) is 0 Å². The first-order valence-electron chi connectivity index (χ1n) is 20.9. The smallest absolute Gasteiger partial charge is 0.201 e. The maximum atomic E-state index is 6.62. The highest BCUT2D eigenvalue weighted by molar-refractivity contribution is 6.30. The molecule has 2 spiro atoms. The van der Waals surface area contributed by atoms with E-state index in [0.29, 0.717) is 61.0 Å². The molecular formula is C41H60ClN3O10. The molecule has 14 heteroatoms. The van der Waals surface area contributed by atoms with E-state index in [0.717, 1.165) is 57.1 Å². The highest BCUT2D eigenvalue weighted by Gasteiger charge is 2.71. The Morgan fingerprint density at radius 3 is 1.78 bits per heavy atom. The van der Waals surface area contributed by atoms with Crippen molar-refractivity contribution in [3.63, 3.8) is 0 Å². The molecule has 55 heavy (non-hydrogen) atoms. The molecule has 13 nitrogen and oxygen atoms in total. The molecule has 2 N–H and O–H groups in total. The second-order valence-corrected chi connectivity index (χ2v) is 18.5. The fourth-order valence-corrected chi connectivity index (χ4v) is 11.7. The lowest BCUT2D eigenvalue weighted by atomic mass is 9.58. The van der Waals surface area contributed by atoms with Crippen LogP contribution in [0.3, 0.4) is 0 Å². The van der Waals surface area contributed by atoms with Crippen LogP contribution in [0.4, 0.5) is 5.69 Å². The summed E-state index contributed by atoms with van der Waals surface area (Å²) in [5, 5.41) is 7.51. The molecule has 16 atom stereocenters. The fourth-order valence-electron chi connectivity index (χ4n) is 11.6. The molecule has 8 heterocycles. The van der Waals surface area contributed by atoms with Gasteiger partial charge in [0.05, 0.1) is 19.8 Å². The quantitative estimate of drug-likeness (QED) is 0.114. The summed E-state index contributed by atoms with van der Waals surface area (Å²) in [5.74, 6) is 1.18. The van der Waals surface area contributed by atoms with Gasteiger partial charge in [0.15, 0.2) is 42.3 Å². The number of nitrogens with zero attached hydrogens (tertiary/aromatic N) is 1. The molecule has 10 aliphatic rings. The Balaban J connectivity index is 0.829. The number of halogens is 1. The Morgan fingerprint density at radius 2 is 1.24 bits per heavy atom. The normalized spacial score (nSPS) is 48.7. The van der Waals surface area contributed by atoms with E-state index < -0.39 is 47.9 Å². The molecule has 306 valence electrons. The summed E-state index contributed by atoms with van der Waals surface area (Å²) in [4.78, 5) is 29.4. The van der Waals surface area contributed by atoms with E-state index in [9.17, 15) is 0 Å². The number of nitrogens with one attached hydrogen (secondary N) is 2. The van der Waals surface area contributed by atoms with Crippen LogP contribution in [0.2, 0.25) is 5.02 Å².